The molecule has 0 saturated heterocycles. The van der Waals surface area contributed by atoms with Crippen molar-refractivity contribution >= 4 is 50.5 Å². The Morgan fingerprint density at radius 3 is 2.73 bits per heavy atom. The Morgan fingerprint density at radius 2 is 2.18 bits per heavy atom. The normalized spacial score (nSPS) is 13.9. The third kappa shape index (κ3) is 3.38. The Morgan fingerprint density at radius 1 is 1.45 bits per heavy atom. The van der Waals surface area contributed by atoms with Crippen molar-refractivity contribution in [1.82, 2.24) is 0 Å². The van der Waals surface area contributed by atoms with Gasteiger partial charge in [0.2, 0.25) is 5.91 Å². The largest absolute Gasteiger partial charge is 0.379 e. The van der Waals surface area contributed by atoms with Gasteiger partial charge in [0, 0.05) is 20.6 Å². The van der Waals surface area contributed by atoms with E-state index in [1.807, 2.05) is 43.5 Å². The van der Waals surface area contributed by atoms with Crippen LogP contribution >= 0.6 is 38.9 Å². The van der Waals surface area contributed by atoms with Crippen molar-refractivity contribution in [3.05, 3.63) is 50.6 Å². The Bertz CT molecular complexity index is 660. The number of hydrogen-bond donors (Lipinski definition) is 2. The molecule has 0 aliphatic carbocycles. The lowest BCUT2D eigenvalue weighted by Crippen LogP contribution is -2.34. The number of thiophene rings is 1. The number of rotatable bonds is 5. The molecule has 3 nitrogen and oxygen atoms in total. The van der Waals surface area contributed by atoms with E-state index in [4.69, 9.17) is 11.6 Å². The van der Waals surface area contributed by atoms with E-state index in [-0.39, 0.29) is 17.7 Å². The molecule has 2 rings (SSSR count). The minimum atomic E-state index is -1.19. The molecule has 118 valence electrons. The lowest BCUT2D eigenvalue weighted by molar-refractivity contribution is -0.113. The third-order valence-electron chi connectivity index (χ3n) is 3.52. The first kappa shape index (κ1) is 17.5. The predicted molar refractivity (Wildman–Crippen MR) is 95.6 cm³/mol. The maximum Gasteiger partial charge on any atom is 0.239 e. The molecule has 0 fully saturated rings. The molecule has 1 unspecified atom stereocenters. The van der Waals surface area contributed by atoms with Crippen LogP contribution in [-0.2, 0) is 10.4 Å². The fourth-order valence-electron chi connectivity index (χ4n) is 2.35. The van der Waals surface area contributed by atoms with Gasteiger partial charge in [-0.05, 0) is 35.6 Å². The van der Waals surface area contributed by atoms with Crippen molar-refractivity contribution < 1.29 is 9.90 Å². The van der Waals surface area contributed by atoms with Crippen molar-refractivity contribution in [2.75, 3.05) is 11.2 Å². The summed E-state index contributed by atoms with van der Waals surface area (Å²) in [6, 6.07) is 9.23. The lowest BCUT2D eigenvalue weighted by Gasteiger charge is -2.33. The van der Waals surface area contributed by atoms with E-state index < -0.39 is 5.60 Å². The zero-order chi connectivity index (χ0) is 16.3. The number of carbonyl (C=O) groups is 1. The van der Waals surface area contributed by atoms with Crippen LogP contribution in [0, 0.1) is 5.92 Å². The van der Waals surface area contributed by atoms with Crippen LogP contribution < -0.4 is 5.32 Å². The van der Waals surface area contributed by atoms with Crippen LogP contribution in [0.25, 0.3) is 0 Å². The fraction of sp³-hybridized carbons (Fsp3) is 0.312. The van der Waals surface area contributed by atoms with Crippen LogP contribution in [0.3, 0.4) is 0 Å². The average molecular weight is 403 g/mol. The van der Waals surface area contributed by atoms with Crippen LogP contribution in [0.5, 0.6) is 0 Å². The van der Waals surface area contributed by atoms with Crippen molar-refractivity contribution in [3.63, 3.8) is 0 Å². The van der Waals surface area contributed by atoms with E-state index in [2.05, 4.69) is 21.2 Å². The molecule has 1 aromatic carbocycles. The average Bonchev–Trinajstić information content (AvgIpc) is 3.02. The molecular weight excluding hydrogens is 386 g/mol. The Kier molecular flexibility index (Phi) is 5.66. The van der Waals surface area contributed by atoms with Gasteiger partial charge in [0.15, 0.2) is 0 Å². The number of anilines is 1. The summed E-state index contributed by atoms with van der Waals surface area (Å²) in [6.45, 7) is 3.90. The van der Waals surface area contributed by atoms with Crippen LogP contribution in [0.4, 0.5) is 5.69 Å². The molecule has 0 saturated carbocycles. The minimum Gasteiger partial charge on any atom is -0.379 e. The van der Waals surface area contributed by atoms with Crippen LogP contribution in [0.2, 0.25) is 0 Å². The number of benzene rings is 1. The maximum atomic E-state index is 11.7. The Hall–Kier alpha value is -0.880. The van der Waals surface area contributed by atoms with Gasteiger partial charge in [-0.3, -0.25) is 4.79 Å². The SMILES string of the molecule is CC(C)C(O)(c1cccs1)c1cc(Br)ccc1NC(=O)CCl. The van der Waals surface area contributed by atoms with Gasteiger partial charge in [0.1, 0.15) is 11.5 Å². The smallest absolute Gasteiger partial charge is 0.239 e. The van der Waals surface area contributed by atoms with Gasteiger partial charge < -0.3 is 10.4 Å². The van der Waals surface area contributed by atoms with E-state index in [1.54, 1.807) is 6.07 Å². The molecule has 6 heteroatoms. The van der Waals surface area contributed by atoms with Crippen LogP contribution in [0.1, 0.15) is 24.3 Å². The highest BCUT2D eigenvalue weighted by molar-refractivity contribution is 9.10. The van der Waals surface area contributed by atoms with Crippen LogP contribution in [-0.4, -0.2) is 16.9 Å². The minimum absolute atomic E-state index is 0.0768. The number of alkyl halides is 1. The van der Waals surface area contributed by atoms with Gasteiger partial charge in [0.25, 0.3) is 0 Å². The first-order valence-corrected chi connectivity index (χ1v) is 9.02. The highest BCUT2D eigenvalue weighted by Crippen LogP contribution is 2.43. The first-order chi connectivity index (χ1) is 10.4. The lowest BCUT2D eigenvalue weighted by atomic mass is 9.81. The number of carbonyl (C=O) groups excluding carboxylic acids is 1. The summed E-state index contributed by atoms with van der Waals surface area (Å²) in [7, 11) is 0. The van der Waals surface area contributed by atoms with Gasteiger partial charge in [-0.25, -0.2) is 0 Å². The highest BCUT2D eigenvalue weighted by Gasteiger charge is 2.38. The molecule has 0 aliphatic rings. The Labute approximate surface area is 147 Å². The Balaban J connectivity index is 2.61. The highest BCUT2D eigenvalue weighted by atomic mass is 79.9. The standard InChI is InChI=1S/C16H17BrClNO2S/c1-10(2)16(21,14-4-3-7-22-14)12-8-11(17)5-6-13(12)19-15(20)9-18/h3-8,10,21H,9H2,1-2H3,(H,19,20). The second kappa shape index (κ2) is 7.13. The number of amides is 1. The second-order valence-electron chi connectivity index (χ2n) is 5.27. The van der Waals surface area contributed by atoms with Crippen molar-refractivity contribution in [2.24, 2.45) is 5.92 Å². The number of halogens is 2. The molecule has 1 heterocycles. The summed E-state index contributed by atoms with van der Waals surface area (Å²) in [4.78, 5) is 12.5. The van der Waals surface area contributed by atoms with E-state index in [0.29, 0.717) is 11.3 Å². The molecule has 1 atom stereocenters. The van der Waals surface area contributed by atoms with E-state index in [1.165, 1.54) is 11.3 Å². The van der Waals surface area contributed by atoms with Crippen LogP contribution in [0.15, 0.2) is 40.2 Å². The number of nitrogens with one attached hydrogen (secondary N) is 1. The molecule has 1 amide bonds. The molecule has 0 aliphatic heterocycles. The molecule has 2 aromatic rings. The summed E-state index contributed by atoms with van der Waals surface area (Å²) in [5.74, 6) is -0.510. The molecule has 2 N–H and O–H groups in total. The monoisotopic (exact) mass is 401 g/mol. The summed E-state index contributed by atoms with van der Waals surface area (Å²) < 4.78 is 0.835. The molecule has 22 heavy (non-hydrogen) atoms. The second-order valence-corrected chi connectivity index (χ2v) is 7.40. The van der Waals surface area contributed by atoms with Gasteiger partial charge in [-0.15, -0.1) is 22.9 Å². The molecule has 0 spiro atoms. The maximum absolute atomic E-state index is 11.7. The topological polar surface area (TPSA) is 49.3 Å². The van der Waals surface area contributed by atoms with Gasteiger partial charge in [0.05, 0.1) is 0 Å². The molecule has 0 bridgehead atoms. The van der Waals surface area contributed by atoms with Gasteiger partial charge in [-0.2, -0.15) is 0 Å². The zero-order valence-electron chi connectivity index (χ0n) is 12.3. The molecule has 0 radical (unpaired) electrons. The van der Waals surface area contributed by atoms with Crippen molar-refractivity contribution in [1.29, 1.82) is 0 Å². The first-order valence-electron chi connectivity index (χ1n) is 6.81. The third-order valence-corrected chi connectivity index (χ3v) is 5.25. The summed E-state index contributed by atoms with van der Waals surface area (Å²) >= 11 is 10.5. The summed E-state index contributed by atoms with van der Waals surface area (Å²) in [5, 5.41) is 16.1. The van der Waals surface area contributed by atoms with E-state index >= 15 is 0 Å². The zero-order valence-corrected chi connectivity index (χ0v) is 15.4. The van der Waals surface area contributed by atoms with Gasteiger partial charge in [-0.1, -0.05) is 35.8 Å². The molecule has 1 aromatic heterocycles. The van der Waals surface area contributed by atoms with E-state index in [9.17, 15) is 9.90 Å². The van der Waals surface area contributed by atoms with E-state index in [0.717, 1.165) is 9.35 Å². The fourth-order valence-corrected chi connectivity index (χ4v) is 3.76. The number of hydrogen-bond acceptors (Lipinski definition) is 3. The van der Waals surface area contributed by atoms with Crippen molar-refractivity contribution in [3.8, 4) is 0 Å². The quantitative estimate of drug-likeness (QED) is 0.719. The van der Waals surface area contributed by atoms with Crippen molar-refractivity contribution in [2.45, 2.75) is 19.4 Å². The molecular formula is C16H17BrClNO2S. The number of aliphatic hydroxyl groups is 1. The predicted octanol–water partition coefficient (Wildman–Crippen LogP) is 4.58. The summed E-state index contributed by atoms with van der Waals surface area (Å²) in [5.41, 5.74) is 0.0311. The summed E-state index contributed by atoms with van der Waals surface area (Å²) in [6.07, 6.45) is 0. The van der Waals surface area contributed by atoms with Gasteiger partial charge >= 0.3 is 0 Å².